The van der Waals surface area contributed by atoms with Crippen molar-refractivity contribution in [1.29, 1.82) is 0 Å². The Kier molecular flexibility index (Phi) is 4.40. The lowest BCUT2D eigenvalue weighted by Gasteiger charge is -2.17. The van der Waals surface area contributed by atoms with Gasteiger partial charge in [0.2, 0.25) is 5.91 Å². The Balaban J connectivity index is 1.94. The number of nitrogens with one attached hydrogen (secondary N) is 1. The normalized spacial score (nSPS) is 12.2. The van der Waals surface area contributed by atoms with Crippen LogP contribution in [-0.4, -0.2) is 15.7 Å². The Bertz CT molecular complexity index is 998. The van der Waals surface area contributed by atoms with Crippen LogP contribution in [-0.2, 0) is 4.79 Å². The minimum Gasteiger partial charge on any atom is -0.324 e. The van der Waals surface area contributed by atoms with Crippen LogP contribution in [0.25, 0.3) is 10.8 Å². The third-order valence-corrected chi connectivity index (χ3v) is 4.39. The number of carbonyl (C=O) groups excluding carboxylic acids is 1. The molecule has 0 saturated carbocycles. The topological polar surface area (TPSA) is 64.0 Å². The Hall–Kier alpha value is -2.95. The molecule has 2 aromatic carbocycles. The van der Waals surface area contributed by atoms with E-state index in [2.05, 4.69) is 10.4 Å². The summed E-state index contributed by atoms with van der Waals surface area (Å²) in [5.74, 6) is -0.264. The van der Waals surface area contributed by atoms with Gasteiger partial charge in [-0.05, 0) is 44.9 Å². The second kappa shape index (κ2) is 6.51. The van der Waals surface area contributed by atoms with Gasteiger partial charge in [0, 0.05) is 11.1 Å². The molecule has 0 bridgehead atoms. The number of aryl methyl sites for hydroxylation is 3. The molecule has 128 valence electrons. The summed E-state index contributed by atoms with van der Waals surface area (Å²) in [5, 5.41) is 8.43. The molecule has 1 atom stereocenters. The molecule has 25 heavy (non-hydrogen) atoms. The maximum atomic E-state index is 12.7. The van der Waals surface area contributed by atoms with E-state index in [0.29, 0.717) is 5.39 Å². The lowest BCUT2D eigenvalue weighted by Crippen LogP contribution is -2.33. The molecule has 5 nitrogen and oxygen atoms in total. The van der Waals surface area contributed by atoms with Crippen molar-refractivity contribution in [3.8, 4) is 0 Å². The molecule has 1 N–H and O–H groups in total. The summed E-state index contributed by atoms with van der Waals surface area (Å²) in [4.78, 5) is 25.3. The highest BCUT2D eigenvalue weighted by atomic mass is 16.2. The molecule has 0 aliphatic rings. The summed E-state index contributed by atoms with van der Waals surface area (Å²) in [7, 11) is 0. The van der Waals surface area contributed by atoms with Crippen molar-refractivity contribution in [3.05, 3.63) is 69.6 Å². The van der Waals surface area contributed by atoms with Crippen LogP contribution < -0.4 is 10.9 Å². The van der Waals surface area contributed by atoms with E-state index in [1.165, 1.54) is 4.68 Å². The highest BCUT2D eigenvalue weighted by Crippen LogP contribution is 2.23. The van der Waals surface area contributed by atoms with Crippen molar-refractivity contribution in [1.82, 2.24) is 9.78 Å². The Morgan fingerprint density at radius 3 is 2.44 bits per heavy atom. The van der Waals surface area contributed by atoms with Gasteiger partial charge >= 0.3 is 0 Å². The van der Waals surface area contributed by atoms with E-state index in [0.717, 1.165) is 27.8 Å². The quantitative estimate of drug-likeness (QED) is 0.796. The van der Waals surface area contributed by atoms with Crippen molar-refractivity contribution >= 4 is 22.4 Å². The summed E-state index contributed by atoms with van der Waals surface area (Å²) in [5.41, 5.74) is 3.66. The molecule has 1 heterocycles. The van der Waals surface area contributed by atoms with Crippen molar-refractivity contribution < 1.29 is 4.79 Å². The molecule has 0 fully saturated rings. The number of hydrogen-bond donors (Lipinski definition) is 1. The average molecular weight is 335 g/mol. The number of amides is 1. The number of aromatic nitrogens is 2. The molecule has 1 amide bonds. The minimum atomic E-state index is -0.711. The van der Waals surface area contributed by atoms with E-state index in [-0.39, 0.29) is 11.5 Å². The fourth-order valence-corrected chi connectivity index (χ4v) is 3.10. The van der Waals surface area contributed by atoms with Gasteiger partial charge in [0.25, 0.3) is 5.56 Å². The van der Waals surface area contributed by atoms with E-state index in [9.17, 15) is 9.59 Å². The standard InChI is InChI=1S/C20H21N3O2/c1-12-9-13(2)18(14(3)10-12)22-19(24)15(4)23-20(25)17-8-6-5-7-16(17)11-21-23/h5-11,15H,1-4H3,(H,22,24). The van der Waals surface area contributed by atoms with Gasteiger partial charge in [-0.3, -0.25) is 9.59 Å². The maximum absolute atomic E-state index is 12.7. The zero-order valence-electron chi connectivity index (χ0n) is 14.8. The predicted octanol–water partition coefficient (Wildman–Crippen LogP) is 3.52. The van der Waals surface area contributed by atoms with Gasteiger partial charge in [0.15, 0.2) is 0 Å². The predicted molar refractivity (Wildman–Crippen MR) is 100.0 cm³/mol. The van der Waals surface area contributed by atoms with E-state index in [1.54, 1.807) is 25.3 Å². The molecule has 3 rings (SSSR count). The first-order valence-electron chi connectivity index (χ1n) is 8.24. The molecule has 0 aliphatic carbocycles. The van der Waals surface area contributed by atoms with Gasteiger partial charge in [0.1, 0.15) is 6.04 Å². The lowest BCUT2D eigenvalue weighted by molar-refractivity contribution is -0.119. The molecular weight excluding hydrogens is 314 g/mol. The number of hydrogen-bond acceptors (Lipinski definition) is 3. The van der Waals surface area contributed by atoms with Crippen LogP contribution in [0, 0.1) is 20.8 Å². The first-order chi connectivity index (χ1) is 11.9. The van der Waals surface area contributed by atoms with Crippen molar-refractivity contribution in [2.45, 2.75) is 33.7 Å². The van der Waals surface area contributed by atoms with Crippen LogP contribution in [0.2, 0.25) is 0 Å². The fraction of sp³-hybridized carbons (Fsp3) is 0.250. The SMILES string of the molecule is Cc1cc(C)c(NC(=O)C(C)n2ncc3ccccc3c2=O)c(C)c1. The van der Waals surface area contributed by atoms with E-state index in [4.69, 9.17) is 0 Å². The molecule has 3 aromatic rings. The third-order valence-electron chi connectivity index (χ3n) is 4.39. The number of carbonyl (C=O) groups is 1. The van der Waals surface area contributed by atoms with Crippen LogP contribution in [0.1, 0.15) is 29.7 Å². The summed E-state index contributed by atoms with van der Waals surface area (Å²) in [6.45, 7) is 7.62. The number of rotatable bonds is 3. The van der Waals surface area contributed by atoms with Crippen LogP contribution in [0.5, 0.6) is 0 Å². The summed E-state index contributed by atoms with van der Waals surface area (Å²) in [6.07, 6.45) is 1.61. The molecule has 1 unspecified atom stereocenters. The highest BCUT2D eigenvalue weighted by molar-refractivity contribution is 5.95. The Labute approximate surface area is 146 Å². The Morgan fingerprint density at radius 2 is 1.76 bits per heavy atom. The van der Waals surface area contributed by atoms with Crippen molar-refractivity contribution in [2.75, 3.05) is 5.32 Å². The second-order valence-corrected chi connectivity index (χ2v) is 6.42. The summed E-state index contributed by atoms with van der Waals surface area (Å²) < 4.78 is 1.23. The molecule has 0 radical (unpaired) electrons. The monoisotopic (exact) mass is 335 g/mol. The van der Waals surface area contributed by atoms with Gasteiger partial charge in [-0.15, -0.1) is 0 Å². The molecule has 0 aliphatic heterocycles. The highest BCUT2D eigenvalue weighted by Gasteiger charge is 2.20. The van der Waals surface area contributed by atoms with Crippen molar-refractivity contribution in [2.24, 2.45) is 0 Å². The van der Waals surface area contributed by atoms with Crippen molar-refractivity contribution in [3.63, 3.8) is 0 Å². The number of fused-ring (bicyclic) bond motifs is 1. The van der Waals surface area contributed by atoms with Crippen LogP contribution in [0.3, 0.4) is 0 Å². The third kappa shape index (κ3) is 3.18. The Morgan fingerprint density at radius 1 is 1.12 bits per heavy atom. The molecule has 5 heteroatoms. The number of anilines is 1. The molecule has 0 saturated heterocycles. The minimum absolute atomic E-state index is 0.264. The average Bonchev–Trinajstić information content (AvgIpc) is 2.58. The van der Waals surface area contributed by atoms with Gasteiger partial charge in [-0.2, -0.15) is 5.10 Å². The van der Waals surface area contributed by atoms with E-state index < -0.39 is 6.04 Å². The van der Waals surface area contributed by atoms with E-state index in [1.807, 2.05) is 45.0 Å². The zero-order valence-corrected chi connectivity index (χ0v) is 14.8. The van der Waals surface area contributed by atoms with Gasteiger partial charge in [-0.1, -0.05) is 35.9 Å². The zero-order chi connectivity index (χ0) is 18.1. The van der Waals surface area contributed by atoms with E-state index >= 15 is 0 Å². The largest absolute Gasteiger partial charge is 0.324 e. The summed E-state index contributed by atoms with van der Waals surface area (Å²) in [6, 6.07) is 10.6. The van der Waals surface area contributed by atoms with Crippen LogP contribution >= 0.6 is 0 Å². The molecule has 1 aromatic heterocycles. The smallest absolute Gasteiger partial charge is 0.275 e. The first kappa shape index (κ1) is 16.9. The van der Waals surface area contributed by atoms with Crippen LogP contribution in [0.4, 0.5) is 5.69 Å². The fourth-order valence-electron chi connectivity index (χ4n) is 3.10. The maximum Gasteiger partial charge on any atom is 0.275 e. The second-order valence-electron chi connectivity index (χ2n) is 6.42. The molecular formula is C20H21N3O2. The van der Waals surface area contributed by atoms with Gasteiger partial charge in [0.05, 0.1) is 11.6 Å². The number of benzene rings is 2. The molecule has 0 spiro atoms. The number of nitrogens with zero attached hydrogens (tertiary/aromatic N) is 2. The van der Waals surface area contributed by atoms with Crippen LogP contribution in [0.15, 0.2) is 47.4 Å². The summed E-state index contributed by atoms with van der Waals surface area (Å²) >= 11 is 0. The first-order valence-corrected chi connectivity index (χ1v) is 8.24. The van der Waals surface area contributed by atoms with Gasteiger partial charge < -0.3 is 5.32 Å². The van der Waals surface area contributed by atoms with Gasteiger partial charge in [-0.25, -0.2) is 4.68 Å². The lowest BCUT2D eigenvalue weighted by atomic mass is 10.0.